The number of benzene rings is 1. The minimum Gasteiger partial charge on any atom is -0.494 e. The van der Waals surface area contributed by atoms with E-state index in [9.17, 15) is 0 Å². The van der Waals surface area contributed by atoms with Gasteiger partial charge in [0.25, 0.3) is 0 Å². The van der Waals surface area contributed by atoms with Crippen molar-refractivity contribution >= 4 is 0 Å². The van der Waals surface area contributed by atoms with Crippen molar-refractivity contribution in [1.82, 2.24) is 0 Å². The van der Waals surface area contributed by atoms with Crippen LogP contribution in [0.15, 0.2) is 29.4 Å². The van der Waals surface area contributed by atoms with Gasteiger partial charge in [-0.3, -0.25) is 0 Å². The SMILES string of the molecule is CCOc1ccc(OCCCN=[N+]=[N-])cc1. The van der Waals surface area contributed by atoms with E-state index in [1.807, 2.05) is 31.2 Å². The first-order valence-corrected chi connectivity index (χ1v) is 5.23. The molecule has 5 heteroatoms. The molecule has 0 amide bonds. The summed E-state index contributed by atoms with van der Waals surface area (Å²) in [7, 11) is 0. The number of rotatable bonds is 7. The van der Waals surface area contributed by atoms with Crippen LogP contribution in [0.1, 0.15) is 13.3 Å². The lowest BCUT2D eigenvalue weighted by Crippen LogP contribution is -1.98. The van der Waals surface area contributed by atoms with Crippen LogP contribution in [-0.2, 0) is 0 Å². The van der Waals surface area contributed by atoms with Crippen molar-refractivity contribution in [2.45, 2.75) is 13.3 Å². The molecule has 0 fully saturated rings. The maximum Gasteiger partial charge on any atom is 0.119 e. The summed E-state index contributed by atoms with van der Waals surface area (Å²) in [5.74, 6) is 1.63. The van der Waals surface area contributed by atoms with Crippen LogP contribution in [-0.4, -0.2) is 19.8 Å². The van der Waals surface area contributed by atoms with Gasteiger partial charge in [-0.1, -0.05) is 5.11 Å². The predicted molar refractivity (Wildman–Crippen MR) is 61.7 cm³/mol. The van der Waals surface area contributed by atoms with Crippen molar-refractivity contribution in [3.05, 3.63) is 34.7 Å². The summed E-state index contributed by atoms with van der Waals surface area (Å²) in [6.07, 6.45) is 0.720. The third-order valence-corrected chi connectivity index (χ3v) is 1.87. The average Bonchev–Trinajstić information content (AvgIpc) is 2.31. The summed E-state index contributed by atoms with van der Waals surface area (Å²) >= 11 is 0. The molecule has 0 heterocycles. The largest absolute Gasteiger partial charge is 0.494 e. The Morgan fingerprint density at radius 1 is 1.19 bits per heavy atom. The molecule has 0 aliphatic carbocycles. The smallest absolute Gasteiger partial charge is 0.119 e. The molecule has 0 N–H and O–H groups in total. The zero-order chi connectivity index (χ0) is 11.6. The molecule has 0 radical (unpaired) electrons. The van der Waals surface area contributed by atoms with E-state index in [1.165, 1.54) is 0 Å². The Bertz CT molecular complexity index is 345. The standard InChI is InChI=1S/C11H15N3O2/c1-2-15-10-4-6-11(7-5-10)16-9-3-8-13-14-12/h4-7H,2-3,8-9H2,1H3. The molecule has 1 aromatic rings. The zero-order valence-corrected chi connectivity index (χ0v) is 9.30. The summed E-state index contributed by atoms with van der Waals surface area (Å²) < 4.78 is 10.8. The van der Waals surface area contributed by atoms with Gasteiger partial charge in [-0.2, -0.15) is 0 Å². The normalized spacial score (nSPS) is 9.31. The van der Waals surface area contributed by atoms with Gasteiger partial charge in [-0.05, 0) is 43.1 Å². The Kier molecular flexibility index (Phi) is 5.66. The van der Waals surface area contributed by atoms with E-state index in [0.29, 0.717) is 19.8 Å². The molecule has 0 aliphatic heterocycles. The van der Waals surface area contributed by atoms with Crippen molar-refractivity contribution in [2.24, 2.45) is 5.11 Å². The molecule has 0 spiro atoms. The van der Waals surface area contributed by atoms with E-state index in [4.69, 9.17) is 15.0 Å². The fourth-order valence-corrected chi connectivity index (χ4v) is 1.17. The first-order valence-electron chi connectivity index (χ1n) is 5.23. The van der Waals surface area contributed by atoms with Crippen molar-refractivity contribution in [2.75, 3.05) is 19.8 Å². The number of azide groups is 1. The van der Waals surface area contributed by atoms with Gasteiger partial charge in [0.1, 0.15) is 11.5 Å². The minimum atomic E-state index is 0.466. The molecule has 1 rings (SSSR count). The summed E-state index contributed by atoms with van der Waals surface area (Å²) in [5, 5.41) is 3.42. The molecule has 86 valence electrons. The third-order valence-electron chi connectivity index (χ3n) is 1.87. The van der Waals surface area contributed by atoms with Crippen LogP contribution in [0.5, 0.6) is 11.5 Å². The molecule has 0 aliphatic rings. The van der Waals surface area contributed by atoms with E-state index >= 15 is 0 Å². The van der Waals surface area contributed by atoms with Gasteiger partial charge in [-0.15, -0.1) is 0 Å². The molecular weight excluding hydrogens is 206 g/mol. The summed E-state index contributed by atoms with van der Waals surface area (Å²) in [6, 6.07) is 7.45. The Hall–Kier alpha value is -1.87. The maximum absolute atomic E-state index is 8.07. The molecule has 0 bridgehead atoms. The maximum atomic E-state index is 8.07. The van der Waals surface area contributed by atoms with Crippen LogP contribution >= 0.6 is 0 Å². The lowest BCUT2D eigenvalue weighted by Gasteiger charge is -2.06. The van der Waals surface area contributed by atoms with Crippen LogP contribution in [0.2, 0.25) is 0 Å². The van der Waals surface area contributed by atoms with Gasteiger partial charge in [-0.25, -0.2) is 0 Å². The number of hydrogen-bond donors (Lipinski definition) is 0. The first kappa shape index (κ1) is 12.2. The monoisotopic (exact) mass is 221 g/mol. The van der Waals surface area contributed by atoms with E-state index in [1.54, 1.807) is 0 Å². The number of nitrogens with zero attached hydrogens (tertiary/aromatic N) is 3. The van der Waals surface area contributed by atoms with Gasteiger partial charge in [0, 0.05) is 11.5 Å². The molecule has 0 unspecified atom stereocenters. The quantitative estimate of drug-likeness (QED) is 0.307. The molecule has 16 heavy (non-hydrogen) atoms. The number of ether oxygens (including phenoxy) is 2. The highest BCUT2D eigenvalue weighted by atomic mass is 16.5. The summed E-state index contributed by atoms with van der Waals surface area (Å²) in [5.41, 5.74) is 8.07. The fourth-order valence-electron chi connectivity index (χ4n) is 1.17. The van der Waals surface area contributed by atoms with Gasteiger partial charge in [0.2, 0.25) is 0 Å². The molecule has 1 aromatic carbocycles. The second-order valence-corrected chi connectivity index (χ2v) is 3.06. The Balaban J connectivity index is 2.28. The van der Waals surface area contributed by atoms with E-state index < -0.39 is 0 Å². The van der Waals surface area contributed by atoms with Gasteiger partial charge < -0.3 is 9.47 Å². The lowest BCUT2D eigenvalue weighted by atomic mass is 10.3. The highest BCUT2D eigenvalue weighted by molar-refractivity contribution is 5.31. The highest BCUT2D eigenvalue weighted by Crippen LogP contribution is 2.17. The second kappa shape index (κ2) is 7.43. The van der Waals surface area contributed by atoms with Crippen molar-refractivity contribution in [3.8, 4) is 11.5 Å². The van der Waals surface area contributed by atoms with Gasteiger partial charge in [0.15, 0.2) is 0 Å². The van der Waals surface area contributed by atoms with Crippen LogP contribution in [0, 0.1) is 0 Å². The van der Waals surface area contributed by atoms with Crippen molar-refractivity contribution in [3.63, 3.8) is 0 Å². The molecule has 0 saturated heterocycles. The molecule has 0 saturated carbocycles. The Morgan fingerprint density at radius 3 is 2.38 bits per heavy atom. The lowest BCUT2D eigenvalue weighted by molar-refractivity contribution is 0.310. The molecule has 0 aromatic heterocycles. The van der Waals surface area contributed by atoms with Crippen LogP contribution in [0.25, 0.3) is 10.4 Å². The van der Waals surface area contributed by atoms with E-state index in [0.717, 1.165) is 17.9 Å². The zero-order valence-electron chi connectivity index (χ0n) is 9.30. The van der Waals surface area contributed by atoms with Crippen LogP contribution in [0.3, 0.4) is 0 Å². The molecule has 0 atom stereocenters. The Labute approximate surface area is 94.6 Å². The predicted octanol–water partition coefficient (Wildman–Crippen LogP) is 3.16. The molecule has 5 nitrogen and oxygen atoms in total. The van der Waals surface area contributed by atoms with Crippen LogP contribution < -0.4 is 9.47 Å². The molecular formula is C11H15N3O2. The Morgan fingerprint density at radius 2 is 1.81 bits per heavy atom. The van der Waals surface area contributed by atoms with Crippen molar-refractivity contribution < 1.29 is 9.47 Å². The van der Waals surface area contributed by atoms with E-state index in [-0.39, 0.29) is 0 Å². The fraction of sp³-hybridized carbons (Fsp3) is 0.455. The topological polar surface area (TPSA) is 67.2 Å². The number of hydrogen-bond acceptors (Lipinski definition) is 3. The average molecular weight is 221 g/mol. The van der Waals surface area contributed by atoms with Crippen LogP contribution in [0.4, 0.5) is 0 Å². The van der Waals surface area contributed by atoms with Crippen molar-refractivity contribution in [1.29, 1.82) is 0 Å². The third kappa shape index (κ3) is 4.57. The van der Waals surface area contributed by atoms with Gasteiger partial charge in [0.05, 0.1) is 13.2 Å². The first-order chi connectivity index (χ1) is 7.86. The van der Waals surface area contributed by atoms with Gasteiger partial charge >= 0.3 is 0 Å². The summed E-state index contributed by atoms with van der Waals surface area (Å²) in [6.45, 7) is 3.62. The highest BCUT2D eigenvalue weighted by Gasteiger charge is 1.95. The van der Waals surface area contributed by atoms with E-state index in [2.05, 4.69) is 10.0 Å². The minimum absolute atomic E-state index is 0.466. The second-order valence-electron chi connectivity index (χ2n) is 3.06. The summed E-state index contributed by atoms with van der Waals surface area (Å²) in [4.78, 5) is 2.67.